The molecule has 154 valence electrons. The summed E-state index contributed by atoms with van der Waals surface area (Å²) in [5, 5.41) is 9.88. The van der Waals surface area contributed by atoms with E-state index in [2.05, 4.69) is 15.5 Å². The van der Waals surface area contributed by atoms with Gasteiger partial charge in [0.05, 0.1) is 31.7 Å². The maximum absolute atomic E-state index is 12.7. The molecule has 0 unspecified atom stereocenters. The Morgan fingerprint density at radius 1 is 1.32 bits per heavy atom. The number of nitrogens with zero attached hydrogens (tertiary/aromatic N) is 2. The summed E-state index contributed by atoms with van der Waals surface area (Å²) in [6, 6.07) is 7.10. The second kappa shape index (κ2) is 10.2. The number of alkyl halides is 2. The van der Waals surface area contributed by atoms with Gasteiger partial charge in [-0.1, -0.05) is 19.4 Å². The molecule has 0 atom stereocenters. The van der Waals surface area contributed by atoms with Crippen LogP contribution in [0.3, 0.4) is 0 Å². The molecule has 0 aromatic heterocycles. The van der Waals surface area contributed by atoms with Crippen LogP contribution >= 0.6 is 0 Å². The number of likely N-dealkylation sites (tertiary alicyclic amines) is 1. The van der Waals surface area contributed by atoms with Crippen molar-refractivity contribution < 1.29 is 27.8 Å². The number of hydrogen-bond donors (Lipinski definition) is 0. The van der Waals surface area contributed by atoms with E-state index in [1.807, 2.05) is 11.8 Å². The molecule has 0 bridgehead atoms. The highest BCUT2D eigenvalue weighted by molar-refractivity contribution is 5.71. The van der Waals surface area contributed by atoms with Gasteiger partial charge in [-0.15, -0.1) is 0 Å². The maximum Gasteiger partial charge on any atom is 0.387 e. The van der Waals surface area contributed by atoms with Crippen LogP contribution in [0, 0.1) is 11.3 Å². The molecule has 1 aromatic rings. The number of piperidine rings is 1. The van der Waals surface area contributed by atoms with Gasteiger partial charge in [0.2, 0.25) is 0 Å². The summed E-state index contributed by atoms with van der Waals surface area (Å²) in [4.78, 5) is 13.4. The Hall–Kier alpha value is -2.40. The number of nitriles is 1. The molecular formula is C20H26F2N2O4. The summed E-state index contributed by atoms with van der Waals surface area (Å²) in [5.41, 5.74) is -0.0559. The molecule has 0 aliphatic carbocycles. The van der Waals surface area contributed by atoms with Crippen LogP contribution in [-0.2, 0) is 14.9 Å². The fourth-order valence-corrected chi connectivity index (χ4v) is 3.24. The van der Waals surface area contributed by atoms with Gasteiger partial charge in [0.1, 0.15) is 0 Å². The molecule has 0 spiro atoms. The van der Waals surface area contributed by atoms with E-state index in [9.17, 15) is 18.8 Å². The Balaban J connectivity index is 2.20. The number of ether oxygens (including phenoxy) is 3. The van der Waals surface area contributed by atoms with Gasteiger partial charge in [-0.25, -0.2) is 0 Å². The molecule has 1 aliphatic heterocycles. The fraction of sp³-hybridized carbons (Fsp3) is 0.600. The summed E-state index contributed by atoms with van der Waals surface area (Å²) < 4.78 is 40.3. The normalized spacial score (nSPS) is 16.4. The zero-order chi connectivity index (χ0) is 20.6. The van der Waals surface area contributed by atoms with Gasteiger partial charge in [0.15, 0.2) is 11.5 Å². The number of methoxy groups -OCH3 is 1. The molecule has 0 amide bonds. The third-order valence-corrected chi connectivity index (χ3v) is 4.97. The zero-order valence-electron chi connectivity index (χ0n) is 16.2. The minimum Gasteiger partial charge on any atom is -0.490 e. The second-order valence-electron chi connectivity index (χ2n) is 6.79. The average Bonchev–Trinajstić information content (AvgIpc) is 2.69. The molecule has 1 aliphatic rings. The number of rotatable bonds is 9. The lowest BCUT2D eigenvalue weighted by atomic mass is 9.74. The van der Waals surface area contributed by atoms with Crippen molar-refractivity contribution in [2.24, 2.45) is 0 Å². The van der Waals surface area contributed by atoms with Crippen molar-refractivity contribution in [3.05, 3.63) is 23.8 Å². The lowest BCUT2D eigenvalue weighted by Crippen LogP contribution is -2.44. The predicted molar refractivity (Wildman–Crippen MR) is 98.5 cm³/mol. The first-order valence-electron chi connectivity index (χ1n) is 9.36. The summed E-state index contributed by atoms with van der Waals surface area (Å²) in [6.45, 7) is 0.735. The molecular weight excluding hydrogens is 370 g/mol. The van der Waals surface area contributed by atoms with E-state index in [-0.39, 0.29) is 24.0 Å². The van der Waals surface area contributed by atoms with Crippen molar-refractivity contribution >= 4 is 5.97 Å². The van der Waals surface area contributed by atoms with Crippen molar-refractivity contribution in [3.8, 4) is 17.6 Å². The van der Waals surface area contributed by atoms with Crippen LogP contribution in [-0.4, -0.2) is 50.8 Å². The van der Waals surface area contributed by atoms with E-state index in [1.165, 1.54) is 13.2 Å². The largest absolute Gasteiger partial charge is 0.490 e. The lowest BCUT2D eigenvalue weighted by molar-refractivity contribution is -0.142. The Bertz CT molecular complexity index is 698. The Labute approximate surface area is 164 Å². The Morgan fingerprint density at radius 2 is 2.04 bits per heavy atom. The molecule has 28 heavy (non-hydrogen) atoms. The van der Waals surface area contributed by atoms with Gasteiger partial charge in [0.25, 0.3) is 0 Å². The third-order valence-electron chi connectivity index (χ3n) is 4.97. The highest BCUT2D eigenvalue weighted by atomic mass is 19.3. The van der Waals surface area contributed by atoms with Gasteiger partial charge in [-0.05, 0) is 37.0 Å². The SMILES string of the molecule is CCCCOc1cc(C2(C#N)CCN(CC(=O)OC)CC2)ccc1OC(F)F. The maximum atomic E-state index is 12.7. The van der Waals surface area contributed by atoms with Crippen LogP contribution in [0.2, 0.25) is 0 Å². The quantitative estimate of drug-likeness (QED) is 0.470. The zero-order valence-corrected chi connectivity index (χ0v) is 16.2. The van der Waals surface area contributed by atoms with E-state index in [0.29, 0.717) is 38.1 Å². The van der Waals surface area contributed by atoms with Crippen molar-refractivity contribution in [3.63, 3.8) is 0 Å². The Kier molecular flexibility index (Phi) is 8.00. The van der Waals surface area contributed by atoms with Crippen LogP contribution < -0.4 is 9.47 Å². The molecule has 1 aromatic carbocycles. The van der Waals surface area contributed by atoms with E-state index >= 15 is 0 Å². The summed E-state index contributed by atoms with van der Waals surface area (Å²) >= 11 is 0. The van der Waals surface area contributed by atoms with E-state index in [0.717, 1.165) is 12.8 Å². The van der Waals surface area contributed by atoms with Crippen LogP contribution in [0.4, 0.5) is 8.78 Å². The van der Waals surface area contributed by atoms with E-state index < -0.39 is 12.0 Å². The highest BCUT2D eigenvalue weighted by Crippen LogP contribution is 2.39. The third kappa shape index (κ3) is 5.55. The van der Waals surface area contributed by atoms with Gasteiger partial charge in [-0.2, -0.15) is 14.0 Å². The second-order valence-corrected chi connectivity index (χ2v) is 6.79. The number of carbonyl (C=O) groups is 1. The average molecular weight is 396 g/mol. The van der Waals surface area contributed by atoms with Crippen LogP contribution in [0.1, 0.15) is 38.2 Å². The van der Waals surface area contributed by atoms with Crippen LogP contribution in [0.25, 0.3) is 0 Å². The minimum absolute atomic E-state index is 0.0360. The van der Waals surface area contributed by atoms with E-state index in [4.69, 9.17) is 4.74 Å². The standard InChI is InChI=1S/C20H26F2N2O4/c1-3-4-11-27-17-12-15(5-6-16(17)28-19(21)22)20(14-23)7-9-24(10-8-20)13-18(25)26-2/h5-6,12,19H,3-4,7-11,13H2,1-2H3. The number of hydrogen-bond acceptors (Lipinski definition) is 6. The Morgan fingerprint density at radius 3 is 2.61 bits per heavy atom. The number of carbonyl (C=O) groups excluding carboxylic acids is 1. The van der Waals surface area contributed by atoms with Gasteiger partial charge in [-0.3, -0.25) is 9.69 Å². The first kappa shape index (κ1) is 21.9. The smallest absolute Gasteiger partial charge is 0.387 e. The summed E-state index contributed by atoms with van der Waals surface area (Å²) in [5.74, 6) is -0.131. The summed E-state index contributed by atoms with van der Waals surface area (Å²) in [7, 11) is 1.34. The minimum atomic E-state index is -2.95. The molecule has 0 saturated carbocycles. The van der Waals surface area contributed by atoms with Crippen LogP contribution in [0.5, 0.6) is 11.5 Å². The van der Waals surface area contributed by atoms with Gasteiger partial charge >= 0.3 is 12.6 Å². The number of benzene rings is 1. The molecule has 6 nitrogen and oxygen atoms in total. The highest BCUT2D eigenvalue weighted by Gasteiger charge is 2.37. The number of esters is 1. The van der Waals surface area contributed by atoms with Gasteiger partial charge < -0.3 is 14.2 Å². The molecule has 2 rings (SSSR count). The predicted octanol–water partition coefficient (Wildman–Crippen LogP) is 3.50. The van der Waals surface area contributed by atoms with Crippen LogP contribution in [0.15, 0.2) is 18.2 Å². The molecule has 0 radical (unpaired) electrons. The fourth-order valence-electron chi connectivity index (χ4n) is 3.24. The van der Waals surface area contributed by atoms with Gasteiger partial charge in [0, 0.05) is 13.1 Å². The van der Waals surface area contributed by atoms with E-state index in [1.54, 1.807) is 12.1 Å². The first-order chi connectivity index (χ1) is 13.4. The lowest BCUT2D eigenvalue weighted by Gasteiger charge is -2.37. The molecule has 0 N–H and O–H groups in total. The van der Waals surface area contributed by atoms with Crippen molar-refractivity contribution in [2.45, 2.75) is 44.6 Å². The van der Waals surface area contributed by atoms with Crippen molar-refractivity contribution in [2.75, 3.05) is 33.4 Å². The summed E-state index contributed by atoms with van der Waals surface area (Å²) in [6.07, 6.45) is 2.72. The molecule has 8 heteroatoms. The topological polar surface area (TPSA) is 71.8 Å². The molecule has 1 fully saturated rings. The molecule has 1 heterocycles. The monoisotopic (exact) mass is 396 g/mol. The molecule has 1 saturated heterocycles. The number of halogens is 2. The van der Waals surface area contributed by atoms with Crippen molar-refractivity contribution in [1.29, 1.82) is 5.26 Å². The van der Waals surface area contributed by atoms with Crippen molar-refractivity contribution in [1.82, 2.24) is 4.90 Å². The number of unbranched alkanes of at least 4 members (excludes halogenated alkanes) is 1. The first-order valence-corrected chi connectivity index (χ1v) is 9.36.